The molecule has 0 aliphatic carbocycles. The van der Waals surface area contributed by atoms with E-state index in [4.69, 9.17) is 0 Å². The summed E-state index contributed by atoms with van der Waals surface area (Å²) in [6, 6.07) is 10.8. The molecule has 28 heavy (non-hydrogen) atoms. The highest BCUT2D eigenvalue weighted by Crippen LogP contribution is 2.24. The summed E-state index contributed by atoms with van der Waals surface area (Å²) < 4.78 is 13.1. The molecule has 148 valence electrons. The van der Waals surface area contributed by atoms with Crippen molar-refractivity contribution >= 4 is 11.6 Å². The molecule has 0 bridgehead atoms. The zero-order chi connectivity index (χ0) is 19.3. The van der Waals surface area contributed by atoms with Gasteiger partial charge in [-0.15, -0.1) is 0 Å². The quantitative estimate of drug-likeness (QED) is 0.864. The lowest BCUT2D eigenvalue weighted by atomic mass is 10.0. The molecule has 3 heterocycles. The van der Waals surface area contributed by atoms with Gasteiger partial charge in [0.05, 0.1) is 0 Å². The molecule has 2 aromatic rings. The van der Waals surface area contributed by atoms with Gasteiger partial charge in [-0.2, -0.15) is 0 Å². The van der Waals surface area contributed by atoms with Crippen molar-refractivity contribution in [3.8, 4) is 0 Å². The van der Waals surface area contributed by atoms with Gasteiger partial charge in [0.2, 0.25) is 0 Å². The van der Waals surface area contributed by atoms with Crippen molar-refractivity contribution in [2.45, 2.75) is 25.3 Å². The molecule has 2 aliphatic rings. The van der Waals surface area contributed by atoms with Crippen LogP contribution in [0.15, 0.2) is 48.8 Å². The van der Waals surface area contributed by atoms with Gasteiger partial charge in [-0.1, -0.05) is 0 Å². The summed E-state index contributed by atoms with van der Waals surface area (Å²) in [7, 11) is 0. The van der Waals surface area contributed by atoms with Crippen LogP contribution in [0.1, 0.15) is 29.6 Å². The number of nitrogens with zero attached hydrogens (tertiary/aromatic N) is 3. The summed E-state index contributed by atoms with van der Waals surface area (Å²) in [4.78, 5) is 20.8. The fourth-order valence-electron chi connectivity index (χ4n) is 4.18. The van der Waals surface area contributed by atoms with Crippen molar-refractivity contribution in [1.82, 2.24) is 15.2 Å². The van der Waals surface area contributed by atoms with Crippen molar-refractivity contribution < 1.29 is 9.18 Å². The van der Waals surface area contributed by atoms with Gasteiger partial charge in [0.15, 0.2) is 0 Å². The molecule has 1 unspecified atom stereocenters. The number of pyridine rings is 1. The lowest BCUT2D eigenvalue weighted by molar-refractivity contribution is 0.0704. The molecule has 2 fully saturated rings. The van der Waals surface area contributed by atoms with Crippen molar-refractivity contribution in [2.75, 3.05) is 37.6 Å². The van der Waals surface area contributed by atoms with E-state index in [1.807, 2.05) is 17.0 Å². The van der Waals surface area contributed by atoms with Crippen LogP contribution in [0.25, 0.3) is 0 Å². The van der Waals surface area contributed by atoms with Gasteiger partial charge < -0.3 is 15.1 Å². The fourth-order valence-corrected chi connectivity index (χ4v) is 4.18. The van der Waals surface area contributed by atoms with Crippen LogP contribution in [0.3, 0.4) is 0 Å². The second-order valence-electron chi connectivity index (χ2n) is 7.79. The van der Waals surface area contributed by atoms with Gasteiger partial charge >= 0.3 is 0 Å². The van der Waals surface area contributed by atoms with Crippen LogP contribution in [-0.4, -0.2) is 54.6 Å². The lowest BCUT2D eigenvalue weighted by Gasteiger charge is -2.33. The van der Waals surface area contributed by atoms with Crippen molar-refractivity contribution in [3.63, 3.8) is 0 Å². The van der Waals surface area contributed by atoms with Crippen molar-refractivity contribution in [2.24, 2.45) is 5.92 Å². The number of aromatic nitrogens is 1. The average molecular weight is 382 g/mol. The molecule has 1 aromatic heterocycles. The minimum atomic E-state index is -0.185. The first kappa shape index (κ1) is 18.9. The Morgan fingerprint density at radius 2 is 1.75 bits per heavy atom. The standard InChI is InChI=1S/C22H27FN4O/c23-19-1-3-21(4-2-19)27-12-7-17(16-27)15-25-20-8-13-26(14-9-20)22(28)18-5-10-24-11-6-18/h1-6,10-11,17,20,25H,7-9,12-16H2. The van der Waals surface area contributed by atoms with Crippen LogP contribution >= 0.6 is 0 Å². The summed E-state index contributed by atoms with van der Waals surface area (Å²) in [6.07, 6.45) is 6.47. The molecule has 1 amide bonds. The first-order chi connectivity index (χ1) is 13.7. The zero-order valence-corrected chi connectivity index (χ0v) is 16.1. The second-order valence-corrected chi connectivity index (χ2v) is 7.79. The Labute approximate surface area is 165 Å². The van der Waals surface area contributed by atoms with Crippen molar-refractivity contribution in [1.29, 1.82) is 0 Å². The summed E-state index contributed by atoms with van der Waals surface area (Å²) in [6.45, 7) is 4.63. The predicted octanol–water partition coefficient (Wildman–Crippen LogP) is 2.94. The van der Waals surface area contributed by atoms with Gasteiger partial charge in [0.1, 0.15) is 5.82 Å². The van der Waals surface area contributed by atoms with Gasteiger partial charge in [-0.25, -0.2) is 4.39 Å². The molecule has 2 saturated heterocycles. The Kier molecular flexibility index (Phi) is 5.86. The normalized spacial score (nSPS) is 20.5. The predicted molar refractivity (Wildman–Crippen MR) is 108 cm³/mol. The molecule has 4 rings (SSSR count). The van der Waals surface area contributed by atoms with E-state index in [2.05, 4.69) is 15.2 Å². The molecule has 5 nitrogen and oxygen atoms in total. The molecule has 1 aromatic carbocycles. The third kappa shape index (κ3) is 4.50. The maximum absolute atomic E-state index is 13.1. The molecule has 1 atom stereocenters. The summed E-state index contributed by atoms with van der Waals surface area (Å²) in [5, 5.41) is 3.71. The van der Waals surface area contributed by atoms with Gasteiger partial charge in [-0.3, -0.25) is 9.78 Å². The SMILES string of the molecule is O=C(c1ccncc1)N1CCC(NCC2CCN(c3ccc(F)cc3)C2)CC1. The van der Waals surface area contributed by atoms with E-state index in [9.17, 15) is 9.18 Å². The highest BCUT2D eigenvalue weighted by Gasteiger charge is 2.26. The number of benzene rings is 1. The van der Waals surface area contributed by atoms with E-state index in [0.29, 0.717) is 17.5 Å². The van der Waals surface area contributed by atoms with E-state index in [1.165, 1.54) is 12.1 Å². The van der Waals surface area contributed by atoms with Crippen LogP contribution in [0.2, 0.25) is 0 Å². The third-order valence-corrected chi connectivity index (χ3v) is 5.88. The molecular formula is C22H27FN4O. The number of amides is 1. The fraction of sp³-hybridized carbons (Fsp3) is 0.455. The summed E-state index contributed by atoms with van der Waals surface area (Å²) in [5.41, 5.74) is 1.82. The molecular weight excluding hydrogens is 355 g/mol. The molecule has 0 saturated carbocycles. The van der Waals surface area contributed by atoms with Gasteiger partial charge in [0, 0.05) is 55.9 Å². The maximum atomic E-state index is 13.1. The Balaban J connectivity index is 1.20. The van der Waals surface area contributed by atoms with E-state index in [-0.39, 0.29) is 11.7 Å². The van der Waals surface area contributed by atoms with Crippen LogP contribution in [0.5, 0.6) is 0 Å². The molecule has 0 radical (unpaired) electrons. The van der Waals surface area contributed by atoms with E-state index in [0.717, 1.165) is 57.7 Å². The number of likely N-dealkylation sites (tertiary alicyclic amines) is 1. The number of anilines is 1. The number of nitrogens with one attached hydrogen (secondary N) is 1. The Morgan fingerprint density at radius 1 is 1.04 bits per heavy atom. The smallest absolute Gasteiger partial charge is 0.253 e. The van der Waals surface area contributed by atoms with Crippen LogP contribution in [0, 0.1) is 11.7 Å². The minimum absolute atomic E-state index is 0.103. The molecule has 0 spiro atoms. The highest BCUT2D eigenvalue weighted by molar-refractivity contribution is 5.94. The third-order valence-electron chi connectivity index (χ3n) is 5.88. The largest absolute Gasteiger partial charge is 0.371 e. The van der Waals surface area contributed by atoms with Crippen LogP contribution < -0.4 is 10.2 Å². The number of hydrogen-bond acceptors (Lipinski definition) is 4. The Bertz CT molecular complexity index is 775. The van der Waals surface area contributed by atoms with E-state index >= 15 is 0 Å². The van der Waals surface area contributed by atoms with Crippen molar-refractivity contribution in [3.05, 3.63) is 60.2 Å². The van der Waals surface area contributed by atoms with Gasteiger partial charge in [0.25, 0.3) is 5.91 Å². The second kappa shape index (κ2) is 8.69. The highest BCUT2D eigenvalue weighted by atomic mass is 19.1. The Hall–Kier alpha value is -2.47. The van der Waals surface area contributed by atoms with E-state index in [1.54, 1.807) is 24.5 Å². The first-order valence-electron chi connectivity index (χ1n) is 10.1. The van der Waals surface area contributed by atoms with Crippen LogP contribution in [-0.2, 0) is 0 Å². The molecule has 6 heteroatoms. The number of carbonyl (C=O) groups excluding carboxylic acids is 1. The first-order valence-corrected chi connectivity index (χ1v) is 10.1. The maximum Gasteiger partial charge on any atom is 0.253 e. The number of carbonyl (C=O) groups is 1. The monoisotopic (exact) mass is 382 g/mol. The van der Waals surface area contributed by atoms with Gasteiger partial charge in [-0.05, 0) is 68.1 Å². The number of rotatable bonds is 5. The van der Waals surface area contributed by atoms with E-state index < -0.39 is 0 Å². The molecule has 2 aliphatic heterocycles. The molecule has 1 N–H and O–H groups in total. The lowest BCUT2D eigenvalue weighted by Crippen LogP contribution is -2.46. The van der Waals surface area contributed by atoms with Crippen LogP contribution in [0.4, 0.5) is 10.1 Å². The summed E-state index contributed by atoms with van der Waals surface area (Å²) >= 11 is 0. The topological polar surface area (TPSA) is 48.5 Å². The average Bonchev–Trinajstić information content (AvgIpc) is 3.22. The number of hydrogen-bond donors (Lipinski definition) is 1. The Morgan fingerprint density at radius 3 is 2.46 bits per heavy atom. The summed E-state index contributed by atoms with van der Waals surface area (Å²) in [5.74, 6) is 0.531. The number of halogens is 1. The zero-order valence-electron chi connectivity index (χ0n) is 16.1. The minimum Gasteiger partial charge on any atom is -0.371 e. The number of piperidine rings is 1.